The monoisotopic (exact) mass is 1070 g/mol. The number of esters is 1. The van der Waals surface area contributed by atoms with Crippen molar-refractivity contribution in [3.05, 3.63) is 58.8 Å². The second kappa shape index (κ2) is 24.3. The largest absolute Gasteiger partial charge is 0.468 e. The molecule has 1 aliphatic carbocycles. The first-order valence-corrected chi connectivity index (χ1v) is 29.4. The van der Waals surface area contributed by atoms with E-state index in [2.05, 4.69) is 53.0 Å². The first-order chi connectivity index (χ1) is 36.9. The molecule has 10 rings (SSSR count). The van der Waals surface area contributed by atoms with E-state index in [0.717, 1.165) is 146 Å². The van der Waals surface area contributed by atoms with Crippen LogP contribution in [0.5, 0.6) is 0 Å². The summed E-state index contributed by atoms with van der Waals surface area (Å²) in [6, 6.07) is 6.23. The van der Waals surface area contributed by atoms with Crippen molar-refractivity contribution >= 4 is 52.3 Å². The lowest BCUT2D eigenvalue weighted by atomic mass is 9.77. The second-order valence-electron chi connectivity index (χ2n) is 22.6. The molecule has 2 aromatic heterocycles. The molecule has 2 amide bonds. The molecule has 1 unspecified atom stereocenters. The van der Waals surface area contributed by atoms with Gasteiger partial charge in [-0.1, -0.05) is 18.2 Å². The number of piperidine rings is 5. The number of ether oxygens (including phenoxy) is 1. The third-order valence-corrected chi connectivity index (χ3v) is 19.3. The van der Waals surface area contributed by atoms with Gasteiger partial charge in [0, 0.05) is 95.0 Å². The highest BCUT2D eigenvalue weighted by molar-refractivity contribution is 7.85. The Morgan fingerprint density at radius 2 is 1.58 bits per heavy atom. The summed E-state index contributed by atoms with van der Waals surface area (Å²) in [5, 5.41) is 23.5. The summed E-state index contributed by atoms with van der Waals surface area (Å²) >= 11 is 0. The number of likely N-dealkylation sites (N-methyl/N-ethyl adjacent to an activating group) is 1. The number of aliphatic hydroxyl groups excluding tert-OH is 1. The van der Waals surface area contributed by atoms with Gasteiger partial charge in [0.1, 0.15) is 28.4 Å². The van der Waals surface area contributed by atoms with E-state index in [4.69, 9.17) is 24.7 Å². The molecular formula is C55H79N13O7S. The highest BCUT2D eigenvalue weighted by atomic mass is 32.2. The normalized spacial score (nSPS) is 23.8. The van der Waals surface area contributed by atoms with Gasteiger partial charge in [-0.05, 0) is 127 Å². The number of nitrogens with zero attached hydrogens (tertiary/aromatic N) is 9. The number of likely N-dealkylation sites (tertiary alicyclic amines) is 2. The average Bonchev–Trinajstić information content (AvgIpc) is 3.84. The van der Waals surface area contributed by atoms with Crippen LogP contribution in [0.3, 0.4) is 0 Å². The number of nitrogens with one attached hydrogen (secondary N) is 4. The number of hydrogen-bond acceptors (Lipinski definition) is 19. The number of rotatable bonds is 20. The van der Waals surface area contributed by atoms with Gasteiger partial charge in [0.15, 0.2) is 0 Å². The minimum atomic E-state index is -1.14. The van der Waals surface area contributed by atoms with Crippen molar-refractivity contribution in [3.8, 4) is 0 Å². The summed E-state index contributed by atoms with van der Waals surface area (Å²) in [5.41, 5.74) is 3.49. The van der Waals surface area contributed by atoms with E-state index < -0.39 is 21.9 Å². The maximum atomic E-state index is 13.3. The molecule has 5 N–H and O–H groups in total. The van der Waals surface area contributed by atoms with Crippen molar-refractivity contribution in [3.63, 3.8) is 0 Å². The summed E-state index contributed by atoms with van der Waals surface area (Å²) in [5.74, 6) is 2.61. The summed E-state index contributed by atoms with van der Waals surface area (Å²) < 4.78 is 18.3. The maximum Gasteiger partial charge on any atom is 0.326 e. The summed E-state index contributed by atoms with van der Waals surface area (Å²) in [7, 11) is 2.22. The number of imide groups is 1. The highest BCUT2D eigenvalue weighted by Gasteiger charge is 2.43. The zero-order valence-corrected chi connectivity index (χ0v) is 45.4. The molecule has 0 bridgehead atoms. The van der Waals surface area contributed by atoms with Crippen LogP contribution in [0, 0.1) is 0 Å². The van der Waals surface area contributed by atoms with Gasteiger partial charge < -0.3 is 45.4 Å². The van der Waals surface area contributed by atoms with E-state index in [9.17, 15) is 28.5 Å². The minimum Gasteiger partial charge on any atom is -0.468 e. The number of fused-ring (bicyclic) bond motifs is 1. The van der Waals surface area contributed by atoms with Crippen LogP contribution in [0.25, 0.3) is 0 Å². The Bertz CT molecular complexity index is 2550. The van der Waals surface area contributed by atoms with Crippen LogP contribution in [0.1, 0.15) is 128 Å². The molecule has 3 aromatic rings. The fourth-order valence-corrected chi connectivity index (χ4v) is 14.1. The predicted octanol–water partition coefficient (Wildman–Crippen LogP) is 2.73. The molecule has 76 heavy (non-hydrogen) atoms. The maximum absolute atomic E-state index is 13.3. The molecule has 7 aliphatic rings. The number of carbonyl (C=O) groups is 4. The van der Waals surface area contributed by atoms with E-state index in [1.165, 1.54) is 12.7 Å². The summed E-state index contributed by atoms with van der Waals surface area (Å²) in [6.07, 6.45) is 16.3. The molecule has 1 aromatic carbocycles. The molecule has 8 heterocycles. The van der Waals surface area contributed by atoms with Crippen LogP contribution in [0.4, 0.5) is 17.5 Å². The number of hydrogen-bond donors (Lipinski definition) is 5. The number of methoxy groups -OCH3 is 1. The van der Waals surface area contributed by atoms with Crippen LogP contribution in [-0.2, 0) is 42.9 Å². The molecule has 1 saturated carbocycles. The first kappa shape index (κ1) is 54.3. The Kier molecular flexibility index (Phi) is 17.4. The van der Waals surface area contributed by atoms with Crippen molar-refractivity contribution in [1.82, 2.24) is 50.6 Å². The fourth-order valence-electron chi connectivity index (χ4n) is 12.8. The number of benzene rings is 1. The van der Waals surface area contributed by atoms with Gasteiger partial charge >= 0.3 is 5.97 Å². The van der Waals surface area contributed by atoms with Gasteiger partial charge in [0.05, 0.1) is 59.9 Å². The predicted molar refractivity (Wildman–Crippen MR) is 290 cm³/mol. The standard InChI is InChI=1S/C55H79N13O7S/c1-64(46-6-7-47(71)61-51(46)72)35-42-32-40(4-5-41(42)36-69)38-8-21-65(22-9-38)29-30-66-23-12-43(13-24-66)56-19-20-59-55(52(73)75-2)17-27-67(28-18-55)44-33-57-49(58-34-44)39-10-25-68(26-11-39)53-60-45-14-31-76(74)48(45)50(62-53)63-54(37-70)15-3-16-54/h4-5,32-34,36,38-39,43,46,56,59,70H,3,6-31,35,37H2,1-2H3,(H,60,62,63)(H,61,71,72)/t46?,76-/m1/s1. The van der Waals surface area contributed by atoms with Gasteiger partial charge in [-0.25, -0.2) is 15.0 Å². The molecule has 20 nitrogen and oxygen atoms in total. The zero-order valence-electron chi connectivity index (χ0n) is 44.6. The number of aryl methyl sites for hydroxylation is 1. The lowest BCUT2D eigenvalue weighted by Crippen LogP contribution is -2.60. The van der Waals surface area contributed by atoms with Crippen molar-refractivity contribution in [2.24, 2.45) is 0 Å². The second-order valence-corrected chi connectivity index (χ2v) is 24.1. The number of amides is 2. The topological polar surface area (TPSA) is 231 Å². The van der Waals surface area contributed by atoms with Gasteiger partial charge in [-0.2, -0.15) is 4.98 Å². The van der Waals surface area contributed by atoms with Gasteiger partial charge in [-0.3, -0.25) is 33.6 Å². The smallest absolute Gasteiger partial charge is 0.326 e. The average molecular weight is 1070 g/mol. The van der Waals surface area contributed by atoms with Crippen LogP contribution in [0.2, 0.25) is 0 Å². The van der Waals surface area contributed by atoms with Crippen LogP contribution in [-0.4, -0.2) is 196 Å². The lowest BCUT2D eigenvalue weighted by molar-refractivity contribution is -0.149. The fraction of sp³-hybridized carbons (Fsp3) is 0.673. The van der Waals surface area contributed by atoms with Crippen LogP contribution in [0.15, 0.2) is 35.5 Å². The number of carbonyl (C=O) groups excluding carboxylic acids is 4. The van der Waals surface area contributed by atoms with Crippen molar-refractivity contribution in [2.45, 2.75) is 136 Å². The van der Waals surface area contributed by atoms with Gasteiger partial charge in [0.2, 0.25) is 17.8 Å². The molecule has 6 aliphatic heterocycles. The molecule has 412 valence electrons. The molecule has 2 atom stereocenters. The van der Waals surface area contributed by atoms with E-state index in [1.807, 2.05) is 30.4 Å². The van der Waals surface area contributed by atoms with Crippen molar-refractivity contribution < 1.29 is 33.2 Å². The number of anilines is 3. The third-order valence-electron chi connectivity index (χ3n) is 17.9. The number of aromatic nitrogens is 4. The summed E-state index contributed by atoms with van der Waals surface area (Å²) in [6.45, 7) is 11.2. The Hall–Kier alpha value is -5.03. The summed E-state index contributed by atoms with van der Waals surface area (Å²) in [4.78, 5) is 81.3. The zero-order chi connectivity index (χ0) is 52.8. The van der Waals surface area contributed by atoms with Crippen LogP contribution >= 0.6 is 0 Å². The quantitative estimate of drug-likeness (QED) is 0.0474. The van der Waals surface area contributed by atoms with Crippen molar-refractivity contribution in [1.29, 1.82) is 0 Å². The Morgan fingerprint density at radius 1 is 0.882 bits per heavy atom. The number of aliphatic hydroxyl groups is 1. The molecule has 21 heteroatoms. The molecule has 0 spiro atoms. The Balaban J connectivity index is 0.618. The number of aldehydes is 1. The molecule has 0 radical (unpaired) electrons. The SMILES string of the molecule is COC(=O)C1(NCCNC2CCN(CCN3CCC(c4ccc(C=O)c(CN(C)C5CCC(=O)NC5=O)c4)CC3)CC2)CCN(c2cnc(C3CCN(c4nc5c(c(NC6(CO)CCC6)n4)[S@](=O)CC5)CC3)nc2)CC1. The molecule has 5 saturated heterocycles. The minimum absolute atomic E-state index is 0.0261. The van der Waals surface area contributed by atoms with E-state index in [0.29, 0.717) is 98.2 Å². The molecule has 6 fully saturated rings. The van der Waals surface area contributed by atoms with E-state index >= 15 is 0 Å². The van der Waals surface area contributed by atoms with Crippen molar-refractivity contribution in [2.75, 3.05) is 120 Å². The lowest BCUT2D eigenvalue weighted by Gasteiger charge is -2.42. The Morgan fingerprint density at radius 3 is 2.22 bits per heavy atom. The first-order valence-electron chi connectivity index (χ1n) is 28.1. The third kappa shape index (κ3) is 12.3. The Labute approximate surface area is 449 Å². The molecular weight excluding hydrogens is 987 g/mol. The highest BCUT2D eigenvalue weighted by Crippen LogP contribution is 2.39. The van der Waals surface area contributed by atoms with E-state index in [1.54, 1.807) is 0 Å². The van der Waals surface area contributed by atoms with Crippen LogP contribution < -0.4 is 31.1 Å². The van der Waals surface area contributed by atoms with Gasteiger partial charge in [0.25, 0.3) is 0 Å². The van der Waals surface area contributed by atoms with Gasteiger partial charge in [-0.15, -0.1) is 0 Å². The van der Waals surface area contributed by atoms with E-state index in [-0.39, 0.29) is 36.4 Å².